The van der Waals surface area contributed by atoms with E-state index in [4.69, 9.17) is 11.5 Å². The first-order chi connectivity index (χ1) is 17.3. The summed E-state index contributed by atoms with van der Waals surface area (Å²) in [7, 11) is 1.84. The number of para-hydroxylation sites is 1. The number of nitrogens with zero attached hydrogens (tertiary/aromatic N) is 5. The van der Waals surface area contributed by atoms with Gasteiger partial charge in [0.2, 0.25) is 5.95 Å². The maximum absolute atomic E-state index is 14.1. The molecule has 0 spiro atoms. The zero-order valence-electron chi connectivity index (χ0n) is 19.7. The Hall–Kier alpha value is -4.99. The van der Waals surface area contributed by atoms with Crippen molar-refractivity contribution in [1.82, 2.24) is 24.3 Å². The second kappa shape index (κ2) is 8.99. The highest BCUT2D eigenvalue weighted by molar-refractivity contribution is 5.98. The number of hydrogen-bond acceptors (Lipinski definition) is 7. The van der Waals surface area contributed by atoms with Crippen molar-refractivity contribution in [3.63, 3.8) is 0 Å². The number of aryl methyl sites for hydroxylation is 1. The van der Waals surface area contributed by atoms with Crippen LogP contribution in [0.15, 0.2) is 78.0 Å². The monoisotopic (exact) mass is 480 g/mol. The first-order valence-corrected chi connectivity index (χ1v) is 11.3. The molecule has 10 nitrogen and oxygen atoms in total. The molecule has 1 atom stereocenters. The molecule has 0 fully saturated rings. The average molecular weight is 481 g/mol. The Bertz CT molecular complexity index is 1660. The molecule has 0 aliphatic rings. The summed E-state index contributed by atoms with van der Waals surface area (Å²) in [5, 5.41) is 8.82. The van der Waals surface area contributed by atoms with Gasteiger partial charge >= 0.3 is 0 Å². The third-order valence-corrected chi connectivity index (χ3v) is 5.98. The molecule has 3 aromatic heterocycles. The van der Waals surface area contributed by atoms with Crippen LogP contribution < -0.4 is 22.3 Å². The summed E-state index contributed by atoms with van der Waals surface area (Å²) in [5.41, 5.74) is 14.2. The maximum Gasteiger partial charge on any atom is 0.263 e. The summed E-state index contributed by atoms with van der Waals surface area (Å²) in [4.78, 5) is 34.1. The zero-order valence-corrected chi connectivity index (χ0v) is 19.7. The van der Waals surface area contributed by atoms with E-state index in [0.29, 0.717) is 16.8 Å². The SMILES string of the molecule is C[C@H](Nc1nc(N)ncc1C(N)=O)c1cc2cccc(-c3cnn(C)c3)c2c(=O)n1-c1ccccc1. The van der Waals surface area contributed by atoms with Crippen LogP contribution in [-0.4, -0.2) is 30.2 Å². The Morgan fingerprint density at radius 3 is 2.56 bits per heavy atom. The number of primary amides is 1. The molecule has 0 saturated heterocycles. The van der Waals surface area contributed by atoms with Crippen molar-refractivity contribution < 1.29 is 4.79 Å². The molecular weight excluding hydrogens is 456 g/mol. The number of nitrogens with one attached hydrogen (secondary N) is 1. The Labute approximate surface area is 206 Å². The molecule has 0 unspecified atom stereocenters. The number of anilines is 2. The maximum atomic E-state index is 14.1. The fraction of sp³-hybridized carbons (Fsp3) is 0.115. The lowest BCUT2D eigenvalue weighted by Crippen LogP contribution is -2.26. The standard InChI is InChI=1S/C26H24N8O2/c1-15(31-24-20(23(27)35)13-29-26(28)32-24)21-11-16-7-6-10-19(17-12-30-33(2)14-17)22(16)25(36)34(21)18-8-4-3-5-9-18/h3-15H,1-2H3,(H2,27,35)(H3,28,29,31,32)/t15-/m0/s1. The van der Waals surface area contributed by atoms with E-state index in [0.717, 1.165) is 16.5 Å². The quantitative estimate of drug-likeness (QED) is 0.338. The largest absolute Gasteiger partial charge is 0.368 e. The van der Waals surface area contributed by atoms with E-state index < -0.39 is 11.9 Å². The normalized spacial score (nSPS) is 11.9. The van der Waals surface area contributed by atoms with Crippen molar-refractivity contribution in [2.24, 2.45) is 12.8 Å². The molecule has 0 bridgehead atoms. The average Bonchev–Trinajstić information content (AvgIpc) is 3.30. The molecule has 2 aromatic carbocycles. The number of nitrogens with two attached hydrogens (primary N) is 2. The van der Waals surface area contributed by atoms with Crippen LogP contribution in [0.1, 0.15) is 29.0 Å². The van der Waals surface area contributed by atoms with Gasteiger partial charge in [-0.05, 0) is 36.1 Å². The van der Waals surface area contributed by atoms with E-state index in [1.165, 1.54) is 6.20 Å². The second-order valence-corrected chi connectivity index (χ2v) is 8.44. The number of aromatic nitrogens is 5. The van der Waals surface area contributed by atoms with Crippen molar-refractivity contribution in [2.75, 3.05) is 11.1 Å². The van der Waals surface area contributed by atoms with Crippen molar-refractivity contribution in [3.05, 3.63) is 94.8 Å². The van der Waals surface area contributed by atoms with Gasteiger partial charge < -0.3 is 16.8 Å². The predicted octanol–water partition coefficient (Wildman–Crippen LogP) is 3.04. The molecule has 0 saturated carbocycles. The minimum absolute atomic E-state index is 0.00484. The minimum atomic E-state index is -0.690. The molecule has 10 heteroatoms. The number of rotatable bonds is 6. The van der Waals surface area contributed by atoms with E-state index in [1.54, 1.807) is 15.4 Å². The molecule has 0 radical (unpaired) electrons. The van der Waals surface area contributed by atoms with Gasteiger partial charge in [-0.1, -0.05) is 36.4 Å². The van der Waals surface area contributed by atoms with E-state index in [9.17, 15) is 9.59 Å². The number of carbonyl (C=O) groups is 1. The molecule has 3 heterocycles. The lowest BCUT2D eigenvalue weighted by Gasteiger charge is -2.22. The molecule has 180 valence electrons. The number of amides is 1. The smallest absolute Gasteiger partial charge is 0.263 e. The van der Waals surface area contributed by atoms with Crippen LogP contribution in [-0.2, 0) is 7.05 Å². The number of pyridine rings is 1. The third-order valence-electron chi connectivity index (χ3n) is 5.98. The summed E-state index contributed by atoms with van der Waals surface area (Å²) in [6, 6.07) is 16.6. The molecule has 36 heavy (non-hydrogen) atoms. The van der Waals surface area contributed by atoms with E-state index >= 15 is 0 Å². The van der Waals surface area contributed by atoms with Crippen LogP contribution in [0, 0.1) is 0 Å². The molecule has 0 aliphatic carbocycles. The lowest BCUT2D eigenvalue weighted by molar-refractivity contribution is 0.100. The molecule has 0 aliphatic heterocycles. The number of carbonyl (C=O) groups excluding carboxylic acids is 1. The Morgan fingerprint density at radius 1 is 1.08 bits per heavy atom. The van der Waals surface area contributed by atoms with Crippen molar-refractivity contribution in [3.8, 4) is 16.8 Å². The summed E-state index contributed by atoms with van der Waals surface area (Å²) < 4.78 is 3.36. The summed E-state index contributed by atoms with van der Waals surface area (Å²) >= 11 is 0. The highest BCUT2D eigenvalue weighted by Gasteiger charge is 2.21. The molecule has 5 aromatic rings. The van der Waals surface area contributed by atoms with Crippen LogP contribution in [0.4, 0.5) is 11.8 Å². The number of benzene rings is 2. The lowest BCUT2D eigenvalue weighted by atomic mass is 9.99. The molecule has 5 N–H and O–H groups in total. The predicted molar refractivity (Wildman–Crippen MR) is 139 cm³/mol. The van der Waals surface area contributed by atoms with Crippen LogP contribution in [0.25, 0.3) is 27.6 Å². The van der Waals surface area contributed by atoms with Gasteiger partial charge in [-0.3, -0.25) is 18.8 Å². The molecule has 5 rings (SSSR count). The van der Waals surface area contributed by atoms with Gasteiger partial charge in [0.25, 0.3) is 11.5 Å². The van der Waals surface area contributed by atoms with Gasteiger partial charge in [0, 0.05) is 36.4 Å². The van der Waals surface area contributed by atoms with Gasteiger partial charge in [-0.25, -0.2) is 4.98 Å². The van der Waals surface area contributed by atoms with Crippen molar-refractivity contribution >= 4 is 28.4 Å². The fourth-order valence-corrected chi connectivity index (χ4v) is 4.31. The van der Waals surface area contributed by atoms with Gasteiger partial charge in [-0.15, -0.1) is 0 Å². The summed E-state index contributed by atoms with van der Waals surface area (Å²) in [5.74, 6) is -0.502. The van der Waals surface area contributed by atoms with Gasteiger partial charge in [-0.2, -0.15) is 10.1 Å². The highest BCUT2D eigenvalue weighted by atomic mass is 16.1. The Morgan fingerprint density at radius 2 is 1.86 bits per heavy atom. The molecule has 1 amide bonds. The zero-order chi connectivity index (χ0) is 25.4. The number of hydrogen-bond donors (Lipinski definition) is 3. The number of nitrogen functional groups attached to an aromatic ring is 1. The van der Waals surface area contributed by atoms with Crippen molar-refractivity contribution in [2.45, 2.75) is 13.0 Å². The first-order valence-electron chi connectivity index (χ1n) is 11.3. The van der Waals surface area contributed by atoms with Crippen LogP contribution in [0.2, 0.25) is 0 Å². The Balaban J connectivity index is 1.74. The number of fused-ring (bicyclic) bond motifs is 1. The highest BCUT2D eigenvalue weighted by Crippen LogP contribution is 2.30. The second-order valence-electron chi connectivity index (χ2n) is 8.44. The van der Waals surface area contributed by atoms with Crippen LogP contribution in [0.3, 0.4) is 0 Å². The van der Waals surface area contributed by atoms with E-state index in [-0.39, 0.29) is 22.9 Å². The third kappa shape index (κ3) is 4.05. The fourth-order valence-electron chi connectivity index (χ4n) is 4.31. The summed E-state index contributed by atoms with van der Waals surface area (Å²) in [6.45, 7) is 1.87. The van der Waals surface area contributed by atoms with E-state index in [1.807, 2.05) is 74.8 Å². The Kier molecular flexibility index (Phi) is 5.69. The van der Waals surface area contributed by atoms with Crippen LogP contribution in [0.5, 0.6) is 0 Å². The van der Waals surface area contributed by atoms with Gasteiger partial charge in [0.15, 0.2) is 0 Å². The van der Waals surface area contributed by atoms with Crippen LogP contribution >= 0.6 is 0 Å². The molecular formula is C26H24N8O2. The van der Waals surface area contributed by atoms with E-state index in [2.05, 4.69) is 20.4 Å². The first kappa shape index (κ1) is 22.8. The van der Waals surface area contributed by atoms with Gasteiger partial charge in [0.1, 0.15) is 5.82 Å². The van der Waals surface area contributed by atoms with Gasteiger partial charge in [0.05, 0.1) is 23.2 Å². The summed E-state index contributed by atoms with van der Waals surface area (Å²) in [6.07, 6.45) is 4.90. The minimum Gasteiger partial charge on any atom is -0.368 e. The van der Waals surface area contributed by atoms with Crippen molar-refractivity contribution in [1.29, 1.82) is 0 Å². The topological polar surface area (TPSA) is 147 Å².